The van der Waals surface area contributed by atoms with Crippen molar-refractivity contribution < 1.29 is 12.8 Å². The first-order chi connectivity index (χ1) is 11.4. The van der Waals surface area contributed by atoms with Crippen molar-refractivity contribution in [3.63, 3.8) is 0 Å². The molecular weight excluding hydrogens is 391 g/mol. The maximum absolute atomic E-state index is 13.2. The van der Waals surface area contributed by atoms with Crippen LogP contribution in [0, 0.1) is 5.82 Å². The molecule has 0 atom stereocenters. The smallest absolute Gasteiger partial charge is 0.241 e. The molecular formula is C15H12ClFN2O2S3. The average molecular weight is 403 g/mol. The van der Waals surface area contributed by atoms with Gasteiger partial charge in [-0.05, 0) is 24.3 Å². The Hall–Kier alpha value is -1.32. The number of halogens is 2. The van der Waals surface area contributed by atoms with Gasteiger partial charge in [0.25, 0.3) is 0 Å². The summed E-state index contributed by atoms with van der Waals surface area (Å²) in [6.07, 6.45) is 0.449. The minimum absolute atomic E-state index is 0.186. The van der Waals surface area contributed by atoms with Crippen molar-refractivity contribution in [2.45, 2.75) is 10.6 Å². The molecule has 9 heteroatoms. The predicted molar refractivity (Wildman–Crippen MR) is 95.7 cm³/mol. The molecule has 0 aliphatic carbocycles. The van der Waals surface area contributed by atoms with Crippen LogP contribution >= 0.6 is 34.3 Å². The number of hydrogen-bond donors (Lipinski definition) is 1. The summed E-state index contributed by atoms with van der Waals surface area (Å²) in [5.74, 6) is -0.313. The van der Waals surface area contributed by atoms with E-state index in [0.717, 1.165) is 17.0 Å². The molecule has 0 aliphatic rings. The molecule has 0 radical (unpaired) electrons. The molecule has 24 heavy (non-hydrogen) atoms. The summed E-state index contributed by atoms with van der Waals surface area (Å²) in [7, 11) is -3.55. The summed E-state index contributed by atoms with van der Waals surface area (Å²) in [5, 5.41) is 2.55. The van der Waals surface area contributed by atoms with Crippen molar-refractivity contribution in [3.8, 4) is 10.6 Å². The molecule has 2 aromatic heterocycles. The maximum Gasteiger partial charge on any atom is 0.250 e. The summed E-state index contributed by atoms with van der Waals surface area (Å²) in [6, 6.07) is 9.24. The zero-order valence-corrected chi connectivity index (χ0v) is 15.4. The Morgan fingerprint density at radius 2 is 2.08 bits per heavy atom. The Morgan fingerprint density at radius 1 is 1.25 bits per heavy atom. The molecule has 1 N–H and O–H groups in total. The van der Waals surface area contributed by atoms with E-state index in [1.165, 1.54) is 29.5 Å². The SMILES string of the molecule is O=S(=O)(NCCc1csc(-c2cccc(F)c2)n1)c1ccc(Cl)s1. The summed E-state index contributed by atoms with van der Waals surface area (Å²) in [4.78, 5) is 4.42. The van der Waals surface area contributed by atoms with Gasteiger partial charge in [-0.1, -0.05) is 23.7 Å². The van der Waals surface area contributed by atoms with Crippen molar-refractivity contribution in [2.24, 2.45) is 0 Å². The number of rotatable bonds is 6. The van der Waals surface area contributed by atoms with Gasteiger partial charge in [0.2, 0.25) is 10.0 Å². The van der Waals surface area contributed by atoms with Crippen LogP contribution in [0.4, 0.5) is 4.39 Å². The van der Waals surface area contributed by atoms with Crippen LogP contribution in [0.2, 0.25) is 4.34 Å². The Morgan fingerprint density at radius 3 is 2.79 bits per heavy atom. The van der Waals surface area contributed by atoms with Crippen LogP contribution in [0.3, 0.4) is 0 Å². The van der Waals surface area contributed by atoms with E-state index in [1.54, 1.807) is 18.2 Å². The van der Waals surface area contributed by atoms with Gasteiger partial charge in [0.05, 0.1) is 10.0 Å². The van der Waals surface area contributed by atoms with Crippen molar-refractivity contribution in [1.82, 2.24) is 9.71 Å². The molecule has 2 heterocycles. The van der Waals surface area contributed by atoms with E-state index in [1.807, 2.05) is 5.38 Å². The fourth-order valence-corrected chi connectivity index (χ4v) is 5.41. The first kappa shape index (κ1) is 17.5. The fraction of sp³-hybridized carbons (Fsp3) is 0.133. The van der Waals surface area contributed by atoms with E-state index in [9.17, 15) is 12.8 Å². The second-order valence-corrected chi connectivity index (χ2v) is 9.43. The highest BCUT2D eigenvalue weighted by Gasteiger charge is 2.16. The third-order valence-corrected chi connectivity index (χ3v) is 7.23. The van der Waals surface area contributed by atoms with Crippen LogP contribution in [0.1, 0.15) is 5.69 Å². The van der Waals surface area contributed by atoms with Gasteiger partial charge < -0.3 is 0 Å². The summed E-state index contributed by atoms with van der Waals surface area (Å²) in [5.41, 5.74) is 1.46. The molecule has 4 nitrogen and oxygen atoms in total. The molecule has 0 saturated carbocycles. The van der Waals surface area contributed by atoms with Crippen molar-refractivity contribution in [1.29, 1.82) is 0 Å². The summed E-state index contributed by atoms with van der Waals surface area (Å²) < 4.78 is 40.5. The van der Waals surface area contributed by atoms with E-state index < -0.39 is 10.0 Å². The molecule has 0 aliphatic heterocycles. The monoisotopic (exact) mass is 402 g/mol. The second-order valence-electron chi connectivity index (χ2n) is 4.86. The Bertz CT molecular complexity index is 953. The lowest BCUT2D eigenvalue weighted by Gasteiger charge is -2.03. The fourth-order valence-electron chi connectivity index (χ4n) is 2.00. The van der Waals surface area contributed by atoms with E-state index >= 15 is 0 Å². The number of thiazole rings is 1. The molecule has 0 amide bonds. The zero-order chi connectivity index (χ0) is 17.2. The molecule has 0 bridgehead atoms. The zero-order valence-electron chi connectivity index (χ0n) is 12.2. The lowest BCUT2D eigenvalue weighted by atomic mass is 10.2. The van der Waals surface area contributed by atoms with Gasteiger partial charge in [0, 0.05) is 23.9 Å². The van der Waals surface area contributed by atoms with Crippen LogP contribution < -0.4 is 4.72 Å². The first-order valence-electron chi connectivity index (χ1n) is 6.89. The number of nitrogens with one attached hydrogen (secondary N) is 1. The number of sulfonamides is 1. The lowest BCUT2D eigenvalue weighted by Crippen LogP contribution is -2.25. The van der Waals surface area contributed by atoms with E-state index in [4.69, 9.17) is 11.6 Å². The molecule has 0 unspecified atom stereocenters. The predicted octanol–water partition coefficient (Wildman–Crippen LogP) is 4.19. The third-order valence-electron chi connectivity index (χ3n) is 3.11. The Labute approximate surface area is 152 Å². The minimum atomic E-state index is -3.55. The summed E-state index contributed by atoms with van der Waals surface area (Å²) >= 11 is 8.17. The summed E-state index contributed by atoms with van der Waals surface area (Å²) in [6.45, 7) is 0.226. The van der Waals surface area contributed by atoms with Crippen molar-refractivity contribution in [3.05, 3.63) is 57.6 Å². The molecule has 0 spiro atoms. The minimum Gasteiger partial charge on any atom is -0.241 e. The van der Waals surface area contributed by atoms with Crippen LogP contribution in [0.25, 0.3) is 10.6 Å². The van der Waals surface area contributed by atoms with Crippen LogP contribution in [0.15, 0.2) is 46.0 Å². The first-order valence-corrected chi connectivity index (χ1v) is 10.4. The van der Waals surface area contributed by atoms with Gasteiger partial charge in [-0.15, -0.1) is 22.7 Å². The van der Waals surface area contributed by atoms with Gasteiger partial charge in [-0.25, -0.2) is 22.5 Å². The number of hydrogen-bond acceptors (Lipinski definition) is 5. The third kappa shape index (κ3) is 4.20. The van der Waals surface area contributed by atoms with E-state index in [2.05, 4.69) is 9.71 Å². The Balaban J connectivity index is 1.62. The normalized spacial score (nSPS) is 11.8. The number of thiophene rings is 1. The molecule has 0 fully saturated rings. The molecule has 3 rings (SSSR count). The maximum atomic E-state index is 13.2. The number of benzene rings is 1. The molecule has 3 aromatic rings. The highest BCUT2D eigenvalue weighted by atomic mass is 35.5. The number of aromatic nitrogens is 1. The molecule has 126 valence electrons. The van der Waals surface area contributed by atoms with Gasteiger partial charge in [-0.2, -0.15) is 0 Å². The van der Waals surface area contributed by atoms with Crippen LogP contribution in [0.5, 0.6) is 0 Å². The molecule has 0 saturated heterocycles. The van der Waals surface area contributed by atoms with Crippen LogP contribution in [-0.4, -0.2) is 19.9 Å². The topological polar surface area (TPSA) is 59.1 Å². The van der Waals surface area contributed by atoms with E-state index in [-0.39, 0.29) is 16.6 Å². The van der Waals surface area contributed by atoms with Crippen molar-refractivity contribution >= 4 is 44.3 Å². The highest BCUT2D eigenvalue weighted by Crippen LogP contribution is 2.26. The second kappa shape index (κ2) is 7.28. The highest BCUT2D eigenvalue weighted by molar-refractivity contribution is 7.91. The molecule has 1 aromatic carbocycles. The van der Waals surface area contributed by atoms with Gasteiger partial charge in [0.1, 0.15) is 15.0 Å². The van der Waals surface area contributed by atoms with E-state index in [0.29, 0.717) is 21.3 Å². The lowest BCUT2D eigenvalue weighted by molar-refractivity contribution is 0.583. The van der Waals surface area contributed by atoms with Crippen molar-refractivity contribution in [2.75, 3.05) is 6.54 Å². The van der Waals surface area contributed by atoms with Gasteiger partial charge >= 0.3 is 0 Å². The standard InChI is InChI=1S/C15H12ClFN2O2S3/c16-13-4-5-14(23-13)24(20,21)18-7-6-12-9-22-15(19-12)10-2-1-3-11(17)8-10/h1-5,8-9,18H,6-7H2. The average Bonchev–Trinajstić information content (AvgIpc) is 3.16. The quantitative estimate of drug-likeness (QED) is 0.672. The largest absolute Gasteiger partial charge is 0.250 e. The van der Waals surface area contributed by atoms with Gasteiger partial charge in [-0.3, -0.25) is 0 Å². The van der Waals surface area contributed by atoms with Crippen LogP contribution in [-0.2, 0) is 16.4 Å². The Kier molecular flexibility index (Phi) is 5.31. The number of nitrogens with zero attached hydrogens (tertiary/aromatic N) is 1. The van der Waals surface area contributed by atoms with Gasteiger partial charge in [0.15, 0.2) is 0 Å².